The fourth-order valence-electron chi connectivity index (χ4n) is 3.61. The number of nitrogens with two attached hydrogens (primary N) is 1. The predicted octanol–water partition coefficient (Wildman–Crippen LogP) is 5.18. The van der Waals surface area contributed by atoms with Gasteiger partial charge < -0.3 is 15.4 Å². The van der Waals surface area contributed by atoms with Gasteiger partial charge in [-0.15, -0.1) is 0 Å². The predicted molar refractivity (Wildman–Crippen MR) is 112 cm³/mol. The average molecular weight is 410 g/mol. The second-order valence-corrected chi connectivity index (χ2v) is 7.37. The van der Waals surface area contributed by atoms with Crippen LogP contribution in [0.2, 0.25) is 0 Å². The molecule has 1 atom stereocenters. The number of aliphatic imine (C=N–C) groups is 1. The fourth-order valence-corrected chi connectivity index (χ4v) is 4.11. The maximum Gasteiger partial charge on any atom is 0.201 e. The molecule has 3 aromatic carbocycles. The summed E-state index contributed by atoms with van der Waals surface area (Å²) in [5, 5.41) is 2.50. The van der Waals surface area contributed by atoms with Crippen molar-refractivity contribution >= 4 is 44.0 Å². The van der Waals surface area contributed by atoms with E-state index in [0.29, 0.717) is 11.9 Å². The van der Waals surface area contributed by atoms with E-state index in [9.17, 15) is 0 Å². The van der Waals surface area contributed by atoms with Gasteiger partial charge in [-0.25, -0.2) is 4.99 Å². The number of methoxy groups -OCH3 is 1. The molecule has 0 spiro atoms. The van der Waals surface area contributed by atoms with Crippen LogP contribution in [0.4, 0.5) is 11.4 Å². The van der Waals surface area contributed by atoms with E-state index in [1.54, 1.807) is 7.11 Å². The lowest BCUT2D eigenvalue weighted by Gasteiger charge is -2.19. The van der Waals surface area contributed by atoms with Crippen molar-refractivity contribution in [2.45, 2.75) is 12.8 Å². The van der Waals surface area contributed by atoms with Crippen molar-refractivity contribution in [1.82, 2.24) is 0 Å². The van der Waals surface area contributed by atoms with Crippen molar-refractivity contribution in [2.24, 2.45) is 10.7 Å². The monoisotopic (exact) mass is 409 g/mol. The molecule has 0 radical (unpaired) electrons. The first-order valence-corrected chi connectivity index (χ1v) is 9.34. The van der Waals surface area contributed by atoms with E-state index in [2.05, 4.69) is 63.1 Å². The minimum absolute atomic E-state index is 0.382. The number of fused-ring (bicyclic) bond motifs is 3. The standard InChI is InChI=1S/C21H20BrN3O/c1-13-12-25(21(23)24-14-6-8-15(26-2)9-7-14)19-11-10-16-17(20(13)19)4-3-5-18(16)22/h3-11,13H,12H2,1-2H3,(H2,23,24). The van der Waals surface area contributed by atoms with Gasteiger partial charge in [0.15, 0.2) is 0 Å². The number of ether oxygens (including phenoxy) is 1. The van der Waals surface area contributed by atoms with Crippen LogP contribution in [0.15, 0.2) is 64.1 Å². The summed E-state index contributed by atoms with van der Waals surface area (Å²) >= 11 is 3.65. The van der Waals surface area contributed by atoms with Crippen LogP contribution in [0.1, 0.15) is 18.4 Å². The number of guanidine groups is 1. The number of hydrogen-bond acceptors (Lipinski definition) is 2. The maximum atomic E-state index is 6.37. The molecule has 1 unspecified atom stereocenters. The van der Waals surface area contributed by atoms with Gasteiger partial charge in [0.1, 0.15) is 5.75 Å². The summed E-state index contributed by atoms with van der Waals surface area (Å²) in [7, 11) is 1.65. The van der Waals surface area contributed by atoms with Gasteiger partial charge in [0.25, 0.3) is 0 Å². The topological polar surface area (TPSA) is 50.9 Å². The zero-order valence-corrected chi connectivity index (χ0v) is 16.3. The minimum Gasteiger partial charge on any atom is -0.497 e. The third-order valence-electron chi connectivity index (χ3n) is 4.86. The maximum absolute atomic E-state index is 6.37. The summed E-state index contributed by atoms with van der Waals surface area (Å²) in [5.74, 6) is 1.70. The van der Waals surface area contributed by atoms with Crippen LogP contribution in [-0.2, 0) is 0 Å². The second-order valence-electron chi connectivity index (χ2n) is 6.51. The van der Waals surface area contributed by atoms with E-state index in [-0.39, 0.29) is 0 Å². The zero-order chi connectivity index (χ0) is 18.3. The molecule has 4 rings (SSSR count). The first-order valence-electron chi connectivity index (χ1n) is 8.55. The molecule has 0 saturated heterocycles. The Kier molecular flexibility index (Phi) is 4.32. The van der Waals surface area contributed by atoms with E-state index >= 15 is 0 Å². The molecule has 1 aliphatic rings. The molecule has 5 heteroatoms. The summed E-state index contributed by atoms with van der Waals surface area (Å²) in [5.41, 5.74) is 9.65. The third-order valence-corrected chi connectivity index (χ3v) is 5.55. The highest BCUT2D eigenvalue weighted by Gasteiger charge is 2.29. The molecule has 0 saturated carbocycles. The van der Waals surface area contributed by atoms with Gasteiger partial charge in [0, 0.05) is 22.6 Å². The van der Waals surface area contributed by atoms with Crippen LogP contribution in [0, 0.1) is 0 Å². The fraction of sp³-hybridized carbons (Fsp3) is 0.190. The molecule has 0 aromatic heterocycles. The highest BCUT2D eigenvalue weighted by atomic mass is 79.9. The van der Waals surface area contributed by atoms with Crippen LogP contribution in [0.25, 0.3) is 10.8 Å². The highest BCUT2D eigenvalue weighted by molar-refractivity contribution is 9.10. The Bertz CT molecular complexity index is 998. The lowest BCUT2D eigenvalue weighted by atomic mass is 9.96. The Balaban J connectivity index is 1.75. The van der Waals surface area contributed by atoms with Gasteiger partial charge in [-0.05, 0) is 52.7 Å². The number of rotatable bonds is 2. The van der Waals surface area contributed by atoms with Gasteiger partial charge >= 0.3 is 0 Å². The molecule has 2 N–H and O–H groups in total. The summed E-state index contributed by atoms with van der Waals surface area (Å²) in [4.78, 5) is 6.70. The Morgan fingerprint density at radius 3 is 2.62 bits per heavy atom. The van der Waals surface area contributed by atoms with Crippen molar-refractivity contribution in [1.29, 1.82) is 0 Å². The average Bonchev–Trinajstić information content (AvgIpc) is 3.00. The van der Waals surface area contributed by atoms with E-state index in [0.717, 1.165) is 28.1 Å². The summed E-state index contributed by atoms with van der Waals surface area (Å²) in [6.45, 7) is 3.06. The van der Waals surface area contributed by atoms with Crippen molar-refractivity contribution in [2.75, 3.05) is 18.6 Å². The minimum atomic E-state index is 0.382. The number of hydrogen-bond donors (Lipinski definition) is 1. The van der Waals surface area contributed by atoms with Crippen molar-refractivity contribution < 1.29 is 4.74 Å². The van der Waals surface area contributed by atoms with Crippen LogP contribution in [-0.4, -0.2) is 19.6 Å². The van der Waals surface area contributed by atoms with Crippen molar-refractivity contribution in [3.8, 4) is 5.75 Å². The van der Waals surface area contributed by atoms with Crippen LogP contribution in [0.3, 0.4) is 0 Å². The quantitative estimate of drug-likeness (QED) is 0.468. The van der Waals surface area contributed by atoms with Crippen LogP contribution in [0.5, 0.6) is 5.75 Å². The molecular weight excluding hydrogens is 390 g/mol. The lowest BCUT2D eigenvalue weighted by molar-refractivity contribution is 0.415. The first-order chi connectivity index (χ1) is 12.6. The molecule has 1 aliphatic heterocycles. The number of anilines is 1. The molecule has 4 nitrogen and oxygen atoms in total. The summed E-state index contributed by atoms with van der Waals surface area (Å²) in [6.07, 6.45) is 0. The highest BCUT2D eigenvalue weighted by Crippen LogP contribution is 2.42. The third kappa shape index (κ3) is 2.82. The Morgan fingerprint density at radius 2 is 1.88 bits per heavy atom. The smallest absolute Gasteiger partial charge is 0.201 e. The SMILES string of the molecule is COc1ccc(N=C(N)N2CC(C)c3c2ccc2c(Br)cccc32)cc1. The van der Waals surface area contributed by atoms with Crippen LogP contribution >= 0.6 is 15.9 Å². The molecule has 132 valence electrons. The second kappa shape index (κ2) is 6.65. The van der Waals surface area contributed by atoms with E-state index in [4.69, 9.17) is 10.5 Å². The molecule has 3 aromatic rings. The van der Waals surface area contributed by atoms with Gasteiger partial charge in [-0.1, -0.05) is 41.1 Å². The molecule has 0 amide bonds. The van der Waals surface area contributed by atoms with Crippen molar-refractivity contribution in [3.63, 3.8) is 0 Å². The Labute approximate surface area is 161 Å². The molecule has 0 fully saturated rings. The summed E-state index contributed by atoms with van der Waals surface area (Å²) < 4.78 is 6.31. The molecular formula is C21H20BrN3O. The van der Waals surface area contributed by atoms with Gasteiger partial charge in [-0.2, -0.15) is 0 Å². The number of halogens is 1. The summed E-state index contributed by atoms with van der Waals surface area (Å²) in [6, 6.07) is 18.2. The zero-order valence-electron chi connectivity index (χ0n) is 14.7. The molecule has 26 heavy (non-hydrogen) atoms. The molecule has 0 aliphatic carbocycles. The molecule has 0 bridgehead atoms. The van der Waals surface area contributed by atoms with E-state index in [1.807, 2.05) is 24.3 Å². The molecule has 1 heterocycles. The van der Waals surface area contributed by atoms with E-state index < -0.39 is 0 Å². The number of benzene rings is 3. The largest absolute Gasteiger partial charge is 0.497 e. The van der Waals surface area contributed by atoms with Crippen LogP contribution < -0.4 is 15.4 Å². The number of nitrogens with zero attached hydrogens (tertiary/aromatic N) is 2. The normalized spacial score (nSPS) is 16.8. The van der Waals surface area contributed by atoms with Crippen molar-refractivity contribution in [3.05, 3.63) is 64.6 Å². The Morgan fingerprint density at radius 1 is 1.12 bits per heavy atom. The van der Waals surface area contributed by atoms with E-state index in [1.165, 1.54) is 16.3 Å². The van der Waals surface area contributed by atoms with Gasteiger partial charge in [0.05, 0.1) is 12.8 Å². The first kappa shape index (κ1) is 16.9. The van der Waals surface area contributed by atoms with Gasteiger partial charge in [0.2, 0.25) is 5.96 Å². The lowest BCUT2D eigenvalue weighted by Crippen LogP contribution is -2.36. The Hall–Kier alpha value is -2.53. The van der Waals surface area contributed by atoms with Gasteiger partial charge in [-0.3, -0.25) is 0 Å².